The average molecular weight is 293 g/mol. The zero-order chi connectivity index (χ0) is 14.7. The lowest BCUT2D eigenvalue weighted by molar-refractivity contribution is -0.303. The monoisotopic (exact) mass is 292 g/mol. The van der Waals surface area contributed by atoms with Gasteiger partial charge < -0.3 is 15.2 Å². The molecular formula is C13H11ClN3O3-. The Morgan fingerprint density at radius 1 is 1.35 bits per heavy atom. The highest BCUT2D eigenvalue weighted by molar-refractivity contribution is 6.33. The van der Waals surface area contributed by atoms with Crippen molar-refractivity contribution in [1.29, 1.82) is 0 Å². The van der Waals surface area contributed by atoms with Gasteiger partial charge in [0.2, 0.25) is 0 Å². The first-order chi connectivity index (χ1) is 9.50. The van der Waals surface area contributed by atoms with Crippen LogP contribution in [0.2, 0.25) is 5.15 Å². The van der Waals surface area contributed by atoms with Gasteiger partial charge in [0.05, 0.1) is 12.5 Å². The molecule has 0 bridgehead atoms. The first-order valence-corrected chi connectivity index (χ1v) is 6.14. The Morgan fingerprint density at radius 2 is 2.00 bits per heavy atom. The van der Waals surface area contributed by atoms with Gasteiger partial charge in [0.25, 0.3) is 5.91 Å². The lowest BCUT2D eigenvalue weighted by Crippen LogP contribution is -2.37. The summed E-state index contributed by atoms with van der Waals surface area (Å²) >= 11 is 6.05. The summed E-state index contributed by atoms with van der Waals surface area (Å²) in [4.78, 5) is 22.4. The minimum absolute atomic E-state index is 0.139. The summed E-state index contributed by atoms with van der Waals surface area (Å²) in [5.41, 5.74) is 1.25. The maximum absolute atomic E-state index is 12.0. The number of carbonyl (C=O) groups excluding carboxylic acids is 2. The maximum Gasteiger partial charge on any atom is 0.257 e. The Balaban J connectivity index is 2.42. The fourth-order valence-corrected chi connectivity index (χ4v) is 1.96. The van der Waals surface area contributed by atoms with Crippen molar-refractivity contribution >= 4 is 23.5 Å². The molecule has 1 amide bonds. The lowest BCUT2D eigenvalue weighted by atomic mass is 10.1. The molecule has 104 valence electrons. The Kier molecular flexibility index (Phi) is 4.05. The van der Waals surface area contributed by atoms with Crippen molar-refractivity contribution in [1.82, 2.24) is 15.1 Å². The highest BCUT2D eigenvalue weighted by atomic mass is 35.5. The second-order valence-corrected chi connectivity index (χ2v) is 4.42. The number of carboxylic acid groups (broad SMARTS) is 1. The van der Waals surface area contributed by atoms with Gasteiger partial charge >= 0.3 is 0 Å². The number of nitrogens with zero attached hydrogens (tertiary/aromatic N) is 2. The van der Waals surface area contributed by atoms with E-state index in [1.807, 2.05) is 6.07 Å². The van der Waals surface area contributed by atoms with Crippen molar-refractivity contribution in [2.24, 2.45) is 7.05 Å². The Morgan fingerprint density at radius 3 is 2.60 bits per heavy atom. The van der Waals surface area contributed by atoms with Crippen LogP contribution in [0.5, 0.6) is 0 Å². The van der Waals surface area contributed by atoms with Gasteiger partial charge in [0.15, 0.2) is 0 Å². The van der Waals surface area contributed by atoms with Crippen LogP contribution in [0.3, 0.4) is 0 Å². The van der Waals surface area contributed by atoms with Crippen LogP contribution in [-0.2, 0) is 11.8 Å². The standard InChI is InChI=1S/C13H12ClN3O3/c1-17-12(14)10(13(20)15-7-9(18)19)11(16-17)8-5-3-2-4-6-8/h2-6H,7H2,1H3,(H,15,20)(H,18,19)/p-1. The van der Waals surface area contributed by atoms with Gasteiger partial charge in [-0.1, -0.05) is 41.9 Å². The number of hydrogen-bond acceptors (Lipinski definition) is 4. The van der Waals surface area contributed by atoms with E-state index in [0.29, 0.717) is 11.3 Å². The summed E-state index contributed by atoms with van der Waals surface area (Å²) in [6.45, 7) is -0.585. The largest absolute Gasteiger partial charge is 0.548 e. The summed E-state index contributed by atoms with van der Waals surface area (Å²) in [6, 6.07) is 9.02. The van der Waals surface area contributed by atoms with E-state index >= 15 is 0 Å². The van der Waals surface area contributed by atoms with Crippen molar-refractivity contribution in [3.63, 3.8) is 0 Å². The van der Waals surface area contributed by atoms with Gasteiger partial charge in [-0.2, -0.15) is 5.10 Å². The first-order valence-electron chi connectivity index (χ1n) is 5.76. The highest BCUT2D eigenvalue weighted by Crippen LogP contribution is 2.27. The summed E-state index contributed by atoms with van der Waals surface area (Å²) in [7, 11) is 1.60. The van der Waals surface area contributed by atoms with E-state index in [2.05, 4.69) is 10.4 Å². The average Bonchev–Trinajstić information content (AvgIpc) is 2.73. The summed E-state index contributed by atoms with van der Waals surface area (Å²) < 4.78 is 1.36. The second kappa shape index (κ2) is 5.75. The van der Waals surface area contributed by atoms with E-state index < -0.39 is 18.4 Å². The molecule has 1 aromatic heterocycles. The van der Waals surface area contributed by atoms with Crippen LogP contribution in [0.4, 0.5) is 0 Å². The molecule has 0 aliphatic rings. The molecule has 0 fully saturated rings. The number of carboxylic acids is 1. The number of aliphatic carboxylic acids is 1. The number of nitrogens with one attached hydrogen (secondary N) is 1. The Hall–Kier alpha value is -2.34. The molecule has 1 N–H and O–H groups in total. The molecule has 1 heterocycles. The van der Waals surface area contributed by atoms with E-state index in [1.165, 1.54) is 4.68 Å². The molecule has 7 heteroatoms. The fourth-order valence-electron chi connectivity index (χ4n) is 1.74. The molecule has 6 nitrogen and oxygen atoms in total. The Bertz CT molecular complexity index is 652. The van der Waals surface area contributed by atoms with E-state index in [9.17, 15) is 14.7 Å². The van der Waals surface area contributed by atoms with Crippen LogP contribution in [-0.4, -0.2) is 28.2 Å². The molecule has 2 aromatic rings. The number of aryl methyl sites for hydroxylation is 1. The third kappa shape index (κ3) is 2.80. The minimum atomic E-state index is -1.38. The predicted molar refractivity (Wildman–Crippen MR) is 71.0 cm³/mol. The van der Waals surface area contributed by atoms with Crippen molar-refractivity contribution in [3.8, 4) is 11.3 Å². The van der Waals surface area contributed by atoms with Crippen LogP contribution in [0.1, 0.15) is 10.4 Å². The van der Waals surface area contributed by atoms with Gasteiger partial charge in [-0.3, -0.25) is 9.48 Å². The smallest absolute Gasteiger partial charge is 0.257 e. The minimum Gasteiger partial charge on any atom is -0.548 e. The molecule has 0 saturated heterocycles. The fraction of sp³-hybridized carbons (Fsp3) is 0.154. The molecule has 1 aromatic carbocycles. The third-order valence-corrected chi connectivity index (χ3v) is 3.08. The van der Waals surface area contributed by atoms with Crippen LogP contribution >= 0.6 is 11.6 Å². The van der Waals surface area contributed by atoms with Crippen LogP contribution in [0.25, 0.3) is 11.3 Å². The second-order valence-electron chi connectivity index (χ2n) is 4.06. The van der Waals surface area contributed by atoms with Gasteiger partial charge in [-0.05, 0) is 0 Å². The molecule has 0 spiro atoms. The highest BCUT2D eigenvalue weighted by Gasteiger charge is 2.22. The quantitative estimate of drug-likeness (QED) is 0.873. The molecule has 0 aliphatic heterocycles. The summed E-state index contributed by atoms with van der Waals surface area (Å²) in [5.74, 6) is -1.98. The predicted octanol–water partition coefficient (Wildman–Crippen LogP) is 0.220. The number of halogens is 1. The zero-order valence-electron chi connectivity index (χ0n) is 10.6. The summed E-state index contributed by atoms with van der Waals surface area (Å²) in [5, 5.41) is 17.0. The number of amides is 1. The zero-order valence-corrected chi connectivity index (χ0v) is 11.3. The van der Waals surface area contributed by atoms with E-state index in [1.54, 1.807) is 31.3 Å². The van der Waals surface area contributed by atoms with Crippen molar-refractivity contribution in [2.45, 2.75) is 0 Å². The molecule has 0 atom stereocenters. The van der Waals surface area contributed by atoms with Crippen molar-refractivity contribution in [3.05, 3.63) is 41.0 Å². The van der Waals surface area contributed by atoms with Crippen LogP contribution < -0.4 is 10.4 Å². The van der Waals surface area contributed by atoms with Crippen molar-refractivity contribution in [2.75, 3.05) is 6.54 Å². The summed E-state index contributed by atoms with van der Waals surface area (Å²) in [6.07, 6.45) is 0. The molecule has 0 saturated carbocycles. The third-order valence-electron chi connectivity index (χ3n) is 2.64. The van der Waals surface area contributed by atoms with Crippen LogP contribution in [0, 0.1) is 0 Å². The van der Waals surface area contributed by atoms with Crippen LogP contribution in [0.15, 0.2) is 30.3 Å². The molecule has 2 rings (SSSR count). The molecule has 20 heavy (non-hydrogen) atoms. The molecule has 0 aliphatic carbocycles. The number of rotatable bonds is 4. The molecule has 0 radical (unpaired) electrons. The number of aromatic nitrogens is 2. The number of hydrogen-bond donors (Lipinski definition) is 1. The molecule has 0 unspecified atom stereocenters. The van der Waals surface area contributed by atoms with Gasteiger partial charge in [0, 0.05) is 12.6 Å². The number of carbonyl (C=O) groups is 2. The SMILES string of the molecule is Cn1nc(-c2ccccc2)c(C(=O)NCC(=O)[O-])c1Cl. The number of benzene rings is 1. The molecular weight excluding hydrogens is 282 g/mol. The first kappa shape index (κ1) is 14.1. The maximum atomic E-state index is 12.0. The van der Waals surface area contributed by atoms with Gasteiger partial charge in [-0.15, -0.1) is 0 Å². The van der Waals surface area contributed by atoms with Gasteiger partial charge in [-0.25, -0.2) is 0 Å². The Labute approximate surface area is 120 Å². The van der Waals surface area contributed by atoms with Gasteiger partial charge in [0.1, 0.15) is 16.4 Å². The normalized spacial score (nSPS) is 10.3. The topological polar surface area (TPSA) is 87.0 Å². The van der Waals surface area contributed by atoms with E-state index in [-0.39, 0.29) is 10.7 Å². The lowest BCUT2D eigenvalue weighted by Gasteiger charge is -2.06. The van der Waals surface area contributed by atoms with E-state index in [0.717, 1.165) is 0 Å². The van der Waals surface area contributed by atoms with E-state index in [4.69, 9.17) is 11.6 Å². The van der Waals surface area contributed by atoms with Crippen molar-refractivity contribution < 1.29 is 14.7 Å².